The molecule has 136 valence electrons. The van der Waals surface area contributed by atoms with Crippen molar-refractivity contribution in [1.82, 2.24) is 24.1 Å². The average Bonchev–Trinajstić information content (AvgIpc) is 3.14. The summed E-state index contributed by atoms with van der Waals surface area (Å²) < 4.78 is 14.5. The van der Waals surface area contributed by atoms with Gasteiger partial charge in [-0.1, -0.05) is 6.92 Å². The van der Waals surface area contributed by atoms with Crippen LogP contribution in [-0.2, 0) is 6.54 Å². The van der Waals surface area contributed by atoms with Gasteiger partial charge in [0.15, 0.2) is 17.3 Å². The zero-order valence-corrected chi connectivity index (χ0v) is 14.8. The largest absolute Gasteiger partial charge is 0.486 e. The third-order valence-electron chi connectivity index (χ3n) is 4.57. The molecule has 0 saturated heterocycles. The van der Waals surface area contributed by atoms with Crippen molar-refractivity contribution in [3.8, 4) is 22.9 Å². The highest BCUT2D eigenvalue weighted by Gasteiger charge is 2.16. The molecule has 0 atom stereocenters. The Morgan fingerprint density at radius 2 is 2.00 bits per heavy atom. The lowest BCUT2D eigenvalue weighted by Gasteiger charge is -2.18. The summed E-state index contributed by atoms with van der Waals surface area (Å²) in [6.45, 7) is 3.78. The van der Waals surface area contributed by atoms with Crippen LogP contribution in [-0.4, -0.2) is 37.4 Å². The molecule has 0 spiro atoms. The number of aromatic nitrogens is 5. The van der Waals surface area contributed by atoms with Crippen LogP contribution < -0.4 is 15.0 Å². The third-order valence-corrected chi connectivity index (χ3v) is 4.57. The van der Waals surface area contributed by atoms with E-state index in [1.54, 1.807) is 21.5 Å². The third kappa shape index (κ3) is 2.52. The van der Waals surface area contributed by atoms with Gasteiger partial charge in [-0.3, -0.25) is 4.79 Å². The van der Waals surface area contributed by atoms with Crippen molar-refractivity contribution in [1.29, 1.82) is 0 Å². The van der Waals surface area contributed by atoms with Crippen LogP contribution in [0.5, 0.6) is 11.5 Å². The highest BCUT2D eigenvalue weighted by molar-refractivity contribution is 5.79. The van der Waals surface area contributed by atoms with Crippen LogP contribution in [0.3, 0.4) is 0 Å². The van der Waals surface area contributed by atoms with E-state index in [0.29, 0.717) is 53.8 Å². The van der Waals surface area contributed by atoms with E-state index in [1.807, 2.05) is 31.2 Å². The van der Waals surface area contributed by atoms with Gasteiger partial charge in [-0.25, -0.2) is 4.98 Å². The molecule has 0 N–H and O–H groups in total. The monoisotopic (exact) mass is 363 g/mol. The first-order valence-corrected chi connectivity index (χ1v) is 8.89. The highest BCUT2D eigenvalue weighted by Crippen LogP contribution is 2.33. The minimum absolute atomic E-state index is 0.0693. The highest BCUT2D eigenvalue weighted by atomic mass is 16.6. The standard InChI is InChI=1S/C19H17N5O3/c1-2-6-23-7-5-14-13(18(23)25)11-20-19-21-17(22-24(14)19)12-3-4-15-16(10-12)27-9-8-26-15/h3-5,7,10-11H,2,6,8-9H2,1H3. The topological polar surface area (TPSA) is 83.5 Å². The second-order valence-electron chi connectivity index (χ2n) is 6.38. The maximum Gasteiger partial charge on any atom is 0.261 e. The molecule has 27 heavy (non-hydrogen) atoms. The smallest absolute Gasteiger partial charge is 0.261 e. The maximum atomic E-state index is 12.6. The number of fused-ring (bicyclic) bond motifs is 4. The molecule has 8 heteroatoms. The van der Waals surface area contributed by atoms with Gasteiger partial charge in [0.25, 0.3) is 11.3 Å². The Morgan fingerprint density at radius 1 is 1.15 bits per heavy atom. The van der Waals surface area contributed by atoms with Crippen LogP contribution in [0.25, 0.3) is 28.1 Å². The second kappa shape index (κ2) is 6.08. The average molecular weight is 363 g/mol. The van der Waals surface area contributed by atoms with E-state index in [2.05, 4.69) is 15.1 Å². The fourth-order valence-electron chi connectivity index (χ4n) is 3.28. The van der Waals surface area contributed by atoms with Gasteiger partial charge in [-0.05, 0) is 30.7 Å². The fourth-order valence-corrected chi connectivity index (χ4v) is 3.28. The van der Waals surface area contributed by atoms with E-state index in [4.69, 9.17) is 9.47 Å². The molecule has 4 heterocycles. The second-order valence-corrected chi connectivity index (χ2v) is 6.38. The van der Waals surface area contributed by atoms with Crippen molar-refractivity contribution in [2.45, 2.75) is 19.9 Å². The Balaban J connectivity index is 1.66. The van der Waals surface area contributed by atoms with Crippen LogP contribution in [0.2, 0.25) is 0 Å². The molecule has 0 aliphatic carbocycles. The molecular formula is C19H17N5O3. The molecule has 1 aliphatic heterocycles. The zero-order valence-electron chi connectivity index (χ0n) is 14.8. The zero-order chi connectivity index (χ0) is 18.4. The Kier molecular flexibility index (Phi) is 3.56. The quantitative estimate of drug-likeness (QED) is 0.555. The molecule has 0 unspecified atom stereocenters. The molecule has 3 aromatic heterocycles. The molecular weight excluding hydrogens is 346 g/mol. The molecule has 0 bridgehead atoms. The van der Waals surface area contributed by atoms with Crippen LogP contribution >= 0.6 is 0 Å². The van der Waals surface area contributed by atoms with E-state index < -0.39 is 0 Å². The number of rotatable bonds is 3. The molecule has 1 aliphatic rings. The molecule has 1 aromatic carbocycles. The van der Waals surface area contributed by atoms with Gasteiger partial charge in [0.2, 0.25) is 0 Å². The Labute approximate surface area is 154 Å². The van der Waals surface area contributed by atoms with E-state index in [9.17, 15) is 4.79 Å². The Morgan fingerprint density at radius 3 is 2.85 bits per heavy atom. The number of hydrogen-bond donors (Lipinski definition) is 0. The van der Waals surface area contributed by atoms with Gasteiger partial charge in [-0.15, -0.1) is 5.10 Å². The first kappa shape index (κ1) is 15.8. The molecule has 0 radical (unpaired) electrons. The Hall–Kier alpha value is -3.42. The van der Waals surface area contributed by atoms with Crippen LogP contribution in [0.4, 0.5) is 0 Å². The van der Waals surface area contributed by atoms with Gasteiger partial charge in [0.1, 0.15) is 13.2 Å². The van der Waals surface area contributed by atoms with E-state index >= 15 is 0 Å². The van der Waals surface area contributed by atoms with E-state index in [1.165, 1.54) is 0 Å². The van der Waals surface area contributed by atoms with Gasteiger partial charge in [0, 0.05) is 24.5 Å². The first-order chi connectivity index (χ1) is 13.2. The lowest BCUT2D eigenvalue weighted by Crippen LogP contribution is -2.20. The van der Waals surface area contributed by atoms with E-state index in [0.717, 1.165) is 12.0 Å². The summed E-state index contributed by atoms with van der Waals surface area (Å²) in [5.41, 5.74) is 1.42. The lowest BCUT2D eigenvalue weighted by atomic mass is 10.2. The molecule has 5 rings (SSSR count). The van der Waals surface area contributed by atoms with Crippen molar-refractivity contribution in [2.75, 3.05) is 13.2 Å². The van der Waals surface area contributed by atoms with Gasteiger partial charge >= 0.3 is 0 Å². The first-order valence-electron chi connectivity index (χ1n) is 8.89. The van der Waals surface area contributed by atoms with Crippen molar-refractivity contribution in [3.63, 3.8) is 0 Å². The van der Waals surface area contributed by atoms with Crippen LogP contribution in [0.1, 0.15) is 13.3 Å². The number of nitrogens with zero attached hydrogens (tertiary/aromatic N) is 5. The summed E-state index contributed by atoms with van der Waals surface area (Å²) in [5, 5.41) is 5.10. The number of benzene rings is 1. The van der Waals surface area contributed by atoms with Gasteiger partial charge in [0.05, 0.1) is 10.9 Å². The molecule has 0 amide bonds. The van der Waals surface area contributed by atoms with Crippen molar-refractivity contribution in [2.24, 2.45) is 0 Å². The van der Waals surface area contributed by atoms with Crippen molar-refractivity contribution >= 4 is 16.7 Å². The molecule has 4 aromatic rings. The number of aryl methyl sites for hydroxylation is 1. The van der Waals surface area contributed by atoms with Gasteiger partial charge < -0.3 is 14.0 Å². The summed E-state index contributed by atoms with van der Waals surface area (Å²) in [5.74, 6) is 2.36. The SMILES string of the molecule is CCCn1ccc2c(cnc3nc(-c4ccc5c(c4)OCCO5)nn32)c1=O. The van der Waals surface area contributed by atoms with Crippen molar-refractivity contribution < 1.29 is 9.47 Å². The minimum atomic E-state index is -0.0693. The van der Waals surface area contributed by atoms with E-state index in [-0.39, 0.29) is 5.56 Å². The molecule has 0 fully saturated rings. The minimum Gasteiger partial charge on any atom is -0.486 e. The Bertz CT molecular complexity index is 1230. The molecule has 0 saturated carbocycles. The maximum absolute atomic E-state index is 12.6. The molecule has 8 nitrogen and oxygen atoms in total. The van der Waals surface area contributed by atoms with Crippen LogP contribution in [0.15, 0.2) is 41.5 Å². The number of ether oxygens (including phenoxy) is 2. The number of pyridine rings is 1. The predicted molar refractivity (Wildman–Crippen MR) is 99.3 cm³/mol. The van der Waals surface area contributed by atoms with Gasteiger partial charge in [-0.2, -0.15) is 9.50 Å². The summed E-state index contributed by atoms with van der Waals surface area (Å²) >= 11 is 0. The number of hydrogen-bond acceptors (Lipinski definition) is 6. The summed E-state index contributed by atoms with van der Waals surface area (Å²) in [7, 11) is 0. The van der Waals surface area contributed by atoms with Crippen LogP contribution in [0, 0.1) is 0 Å². The summed E-state index contributed by atoms with van der Waals surface area (Å²) in [6, 6.07) is 7.48. The predicted octanol–water partition coefficient (Wildman–Crippen LogP) is 2.29. The lowest BCUT2D eigenvalue weighted by molar-refractivity contribution is 0.171. The van der Waals surface area contributed by atoms with Crippen molar-refractivity contribution in [3.05, 3.63) is 47.0 Å². The summed E-state index contributed by atoms with van der Waals surface area (Å²) in [6.07, 6.45) is 4.25. The normalized spacial score (nSPS) is 13.4. The fraction of sp³-hybridized carbons (Fsp3) is 0.263. The summed E-state index contributed by atoms with van der Waals surface area (Å²) in [4.78, 5) is 21.5.